The fourth-order valence-corrected chi connectivity index (χ4v) is 3.09. The van der Waals surface area contributed by atoms with Crippen LogP contribution in [0.25, 0.3) is 0 Å². The first-order valence-corrected chi connectivity index (χ1v) is 9.35. The number of rotatable bonds is 9. The highest BCUT2D eigenvalue weighted by molar-refractivity contribution is 5.92. The molecule has 0 aliphatic carbocycles. The van der Waals surface area contributed by atoms with Gasteiger partial charge in [0.15, 0.2) is 0 Å². The first-order chi connectivity index (χ1) is 11.7. The molecule has 4 heteroatoms. The largest absolute Gasteiger partial charge is 0.493 e. The van der Waals surface area contributed by atoms with Crippen molar-refractivity contribution in [1.82, 2.24) is 4.90 Å². The normalized spacial score (nSPS) is 18.3. The molecular formula is C20H31NO3. The number of carbonyl (C=O) groups is 1. The summed E-state index contributed by atoms with van der Waals surface area (Å²) in [5.41, 5.74) is 0.528. The highest BCUT2D eigenvalue weighted by Crippen LogP contribution is 2.20. The Labute approximate surface area is 146 Å². The number of unbranched alkanes of at least 4 members (excludes halogenated alkanes) is 1. The molecule has 0 saturated carbocycles. The van der Waals surface area contributed by atoms with Gasteiger partial charge in [-0.1, -0.05) is 31.9 Å². The van der Waals surface area contributed by atoms with Gasteiger partial charge >= 0.3 is 5.97 Å². The first kappa shape index (κ1) is 18.8. The molecule has 0 amide bonds. The van der Waals surface area contributed by atoms with Crippen molar-refractivity contribution in [3.63, 3.8) is 0 Å². The summed E-state index contributed by atoms with van der Waals surface area (Å²) in [4.78, 5) is 14.8. The maximum absolute atomic E-state index is 12.3. The maximum Gasteiger partial charge on any atom is 0.341 e. The van der Waals surface area contributed by atoms with E-state index in [0.29, 0.717) is 30.6 Å². The fraction of sp³-hybridized carbons (Fsp3) is 0.650. The highest BCUT2D eigenvalue weighted by atomic mass is 16.5. The molecule has 1 heterocycles. The van der Waals surface area contributed by atoms with Crippen LogP contribution in [-0.4, -0.2) is 43.2 Å². The predicted octanol–water partition coefficient (Wildman–Crippen LogP) is 4.29. The van der Waals surface area contributed by atoms with Gasteiger partial charge in [0.1, 0.15) is 11.3 Å². The van der Waals surface area contributed by atoms with Crippen LogP contribution in [0.3, 0.4) is 0 Å². The Balaban J connectivity index is 1.75. The van der Waals surface area contributed by atoms with E-state index in [9.17, 15) is 4.79 Å². The van der Waals surface area contributed by atoms with Crippen molar-refractivity contribution >= 4 is 5.97 Å². The lowest BCUT2D eigenvalue weighted by molar-refractivity contribution is 0.0471. The van der Waals surface area contributed by atoms with E-state index in [4.69, 9.17) is 9.47 Å². The molecule has 2 rings (SSSR count). The van der Waals surface area contributed by atoms with E-state index in [1.165, 1.54) is 25.8 Å². The van der Waals surface area contributed by atoms with E-state index in [1.54, 1.807) is 6.07 Å². The van der Waals surface area contributed by atoms with Gasteiger partial charge in [-0.25, -0.2) is 4.79 Å². The molecule has 1 saturated heterocycles. The fourth-order valence-electron chi connectivity index (χ4n) is 3.09. The molecule has 24 heavy (non-hydrogen) atoms. The lowest BCUT2D eigenvalue weighted by atomic mass is 10.0. The maximum atomic E-state index is 12.3. The van der Waals surface area contributed by atoms with Crippen molar-refractivity contribution in [3.8, 4) is 5.75 Å². The van der Waals surface area contributed by atoms with E-state index in [2.05, 4.69) is 18.7 Å². The van der Waals surface area contributed by atoms with Crippen molar-refractivity contribution < 1.29 is 14.3 Å². The van der Waals surface area contributed by atoms with E-state index < -0.39 is 0 Å². The van der Waals surface area contributed by atoms with Crippen LogP contribution in [0.5, 0.6) is 5.75 Å². The summed E-state index contributed by atoms with van der Waals surface area (Å²) in [6.07, 6.45) is 6.84. The topological polar surface area (TPSA) is 38.8 Å². The predicted molar refractivity (Wildman–Crippen MR) is 96.6 cm³/mol. The van der Waals surface area contributed by atoms with Crippen LogP contribution >= 0.6 is 0 Å². The summed E-state index contributed by atoms with van der Waals surface area (Å²) < 4.78 is 11.2. The Morgan fingerprint density at radius 1 is 1.21 bits per heavy atom. The van der Waals surface area contributed by atoms with Gasteiger partial charge in [-0.2, -0.15) is 0 Å². The lowest BCUT2D eigenvalue weighted by Crippen LogP contribution is -2.38. The Morgan fingerprint density at radius 2 is 2.04 bits per heavy atom. The zero-order valence-corrected chi connectivity index (χ0v) is 15.1. The number of esters is 1. The van der Waals surface area contributed by atoms with E-state index in [1.807, 2.05) is 18.2 Å². The zero-order valence-electron chi connectivity index (χ0n) is 15.1. The summed E-state index contributed by atoms with van der Waals surface area (Å²) in [5, 5.41) is 0. The van der Waals surface area contributed by atoms with Gasteiger partial charge in [-0.3, -0.25) is 0 Å². The van der Waals surface area contributed by atoms with Crippen LogP contribution in [0, 0.1) is 0 Å². The summed E-state index contributed by atoms with van der Waals surface area (Å²) >= 11 is 0. The van der Waals surface area contributed by atoms with Crippen molar-refractivity contribution in [2.75, 3.05) is 26.3 Å². The summed E-state index contributed by atoms with van der Waals surface area (Å²) in [6.45, 7) is 7.67. The van der Waals surface area contributed by atoms with Crippen molar-refractivity contribution in [3.05, 3.63) is 29.8 Å². The van der Waals surface area contributed by atoms with Gasteiger partial charge in [0, 0.05) is 12.6 Å². The average molecular weight is 333 g/mol. The number of benzene rings is 1. The van der Waals surface area contributed by atoms with Gasteiger partial charge in [0.25, 0.3) is 0 Å². The molecule has 1 fully saturated rings. The zero-order chi connectivity index (χ0) is 17.2. The minimum Gasteiger partial charge on any atom is -0.493 e. The number of likely N-dealkylation sites (tertiary alicyclic amines) is 1. The number of ether oxygens (including phenoxy) is 2. The second kappa shape index (κ2) is 10.3. The number of hydrogen-bond donors (Lipinski definition) is 0. The smallest absolute Gasteiger partial charge is 0.341 e. The second-order valence-electron chi connectivity index (χ2n) is 6.57. The number of nitrogens with zero attached hydrogens (tertiary/aromatic N) is 1. The summed E-state index contributed by atoms with van der Waals surface area (Å²) in [6, 6.07) is 7.99. The van der Waals surface area contributed by atoms with Crippen LogP contribution in [0.1, 0.15) is 62.7 Å². The van der Waals surface area contributed by atoms with E-state index in [-0.39, 0.29) is 5.97 Å². The Morgan fingerprint density at radius 3 is 2.83 bits per heavy atom. The molecule has 4 nitrogen and oxygen atoms in total. The third kappa shape index (κ3) is 5.82. The Kier molecular flexibility index (Phi) is 8.10. The summed E-state index contributed by atoms with van der Waals surface area (Å²) in [7, 11) is 0. The number of para-hydroxylation sites is 1. The first-order valence-electron chi connectivity index (χ1n) is 9.35. The molecule has 1 aliphatic rings. The Hall–Kier alpha value is -1.55. The van der Waals surface area contributed by atoms with E-state index >= 15 is 0 Å². The molecule has 0 aromatic heterocycles. The van der Waals surface area contributed by atoms with Crippen LogP contribution in [0.4, 0.5) is 0 Å². The quantitative estimate of drug-likeness (QED) is 0.499. The molecule has 1 aromatic carbocycles. The second-order valence-corrected chi connectivity index (χ2v) is 6.57. The van der Waals surface area contributed by atoms with Crippen molar-refractivity contribution in [2.24, 2.45) is 0 Å². The SMILES string of the molecule is CCCCOc1ccccc1C(=O)OCCCN1CCCCC1C. The van der Waals surface area contributed by atoms with Gasteiger partial charge in [0.05, 0.1) is 13.2 Å². The molecule has 1 unspecified atom stereocenters. The lowest BCUT2D eigenvalue weighted by Gasteiger charge is -2.33. The molecule has 0 bridgehead atoms. The number of hydrogen-bond acceptors (Lipinski definition) is 4. The van der Waals surface area contributed by atoms with Crippen molar-refractivity contribution in [2.45, 2.75) is 58.4 Å². The average Bonchev–Trinajstić information content (AvgIpc) is 2.60. The summed E-state index contributed by atoms with van der Waals surface area (Å²) in [5.74, 6) is 0.342. The molecule has 0 radical (unpaired) electrons. The minimum atomic E-state index is -0.284. The van der Waals surface area contributed by atoms with Crippen LogP contribution in [0.15, 0.2) is 24.3 Å². The van der Waals surface area contributed by atoms with Gasteiger partial charge in [-0.15, -0.1) is 0 Å². The van der Waals surface area contributed by atoms with Gasteiger partial charge in [-0.05, 0) is 51.3 Å². The van der Waals surface area contributed by atoms with Crippen LogP contribution in [0.2, 0.25) is 0 Å². The highest BCUT2D eigenvalue weighted by Gasteiger charge is 2.18. The van der Waals surface area contributed by atoms with Gasteiger partial charge in [0.2, 0.25) is 0 Å². The molecule has 1 aromatic rings. The molecular weight excluding hydrogens is 302 g/mol. The minimum absolute atomic E-state index is 0.284. The third-order valence-corrected chi connectivity index (χ3v) is 4.63. The monoisotopic (exact) mass is 333 g/mol. The number of piperidine rings is 1. The molecule has 1 aliphatic heterocycles. The number of carbonyl (C=O) groups excluding carboxylic acids is 1. The van der Waals surface area contributed by atoms with Crippen LogP contribution < -0.4 is 4.74 Å². The van der Waals surface area contributed by atoms with Crippen LogP contribution in [-0.2, 0) is 4.74 Å². The van der Waals surface area contributed by atoms with Gasteiger partial charge < -0.3 is 14.4 Å². The molecule has 134 valence electrons. The van der Waals surface area contributed by atoms with E-state index in [0.717, 1.165) is 25.8 Å². The third-order valence-electron chi connectivity index (χ3n) is 4.63. The standard InChI is InChI=1S/C20H31NO3/c1-3-4-15-23-19-12-6-5-11-18(19)20(22)24-16-9-14-21-13-8-7-10-17(21)2/h5-6,11-12,17H,3-4,7-10,13-16H2,1-2H3. The molecule has 0 spiro atoms. The Bertz CT molecular complexity index is 503. The van der Waals surface area contributed by atoms with Crippen molar-refractivity contribution in [1.29, 1.82) is 0 Å². The molecule has 0 N–H and O–H groups in total. The molecule has 1 atom stereocenters.